The average Bonchev–Trinajstić information content (AvgIpc) is 2.75. The third-order valence-corrected chi connectivity index (χ3v) is 5.59. The van der Waals surface area contributed by atoms with Crippen LogP contribution in [0.1, 0.15) is 18.1 Å². The van der Waals surface area contributed by atoms with Crippen molar-refractivity contribution in [1.29, 1.82) is 0 Å². The lowest BCUT2D eigenvalue weighted by atomic mass is 10.1. The third kappa shape index (κ3) is 6.56. The second-order valence-corrected chi connectivity index (χ2v) is 7.94. The number of halogens is 4. The highest BCUT2D eigenvalue weighted by atomic mass is 35.5. The number of benzene rings is 2. The molecule has 0 unspecified atom stereocenters. The molecule has 1 fully saturated rings. The van der Waals surface area contributed by atoms with Crippen molar-refractivity contribution in [3.63, 3.8) is 0 Å². The van der Waals surface area contributed by atoms with Crippen LogP contribution >= 0.6 is 11.6 Å². The van der Waals surface area contributed by atoms with Gasteiger partial charge in [-0.05, 0) is 30.7 Å². The van der Waals surface area contributed by atoms with Crippen LogP contribution in [0.25, 0.3) is 6.08 Å². The average molecular weight is 452 g/mol. The molecule has 4 nitrogen and oxygen atoms in total. The molecule has 1 saturated heterocycles. The van der Waals surface area contributed by atoms with E-state index >= 15 is 0 Å². The van der Waals surface area contributed by atoms with Crippen molar-refractivity contribution < 1.29 is 18.0 Å². The quantitative estimate of drug-likeness (QED) is 0.670. The fraction of sp³-hybridized carbons (Fsp3) is 0.348. The van der Waals surface area contributed by atoms with Crippen LogP contribution < -0.4 is 5.32 Å². The first kappa shape index (κ1) is 23.3. The summed E-state index contributed by atoms with van der Waals surface area (Å²) in [5, 5.41) is 2.39. The summed E-state index contributed by atoms with van der Waals surface area (Å²) < 4.78 is 39.8. The van der Waals surface area contributed by atoms with Gasteiger partial charge in [-0.25, -0.2) is 0 Å². The number of alkyl halides is 3. The minimum atomic E-state index is -4.60. The van der Waals surface area contributed by atoms with Gasteiger partial charge in [0.2, 0.25) is 5.91 Å². The number of carbonyl (C=O) groups is 1. The van der Waals surface area contributed by atoms with Crippen LogP contribution in [0.15, 0.2) is 54.6 Å². The molecule has 0 aliphatic carbocycles. The van der Waals surface area contributed by atoms with E-state index in [0.29, 0.717) is 13.1 Å². The van der Waals surface area contributed by atoms with E-state index in [4.69, 9.17) is 11.6 Å². The van der Waals surface area contributed by atoms with Gasteiger partial charge in [0.25, 0.3) is 0 Å². The molecule has 166 valence electrons. The molecule has 2 aromatic carbocycles. The molecule has 0 saturated carbocycles. The highest BCUT2D eigenvalue weighted by molar-refractivity contribution is 6.30. The van der Waals surface area contributed by atoms with Gasteiger partial charge in [0.1, 0.15) is 0 Å². The van der Waals surface area contributed by atoms with Crippen molar-refractivity contribution in [3.8, 4) is 0 Å². The molecule has 1 amide bonds. The van der Waals surface area contributed by atoms with Crippen LogP contribution in [0.2, 0.25) is 5.02 Å². The first-order valence-corrected chi connectivity index (χ1v) is 10.5. The van der Waals surface area contributed by atoms with Gasteiger partial charge < -0.3 is 5.32 Å². The normalized spacial score (nSPS) is 17.1. The molecule has 1 N–H and O–H groups in total. The van der Waals surface area contributed by atoms with Gasteiger partial charge in [0, 0.05) is 37.7 Å². The first-order chi connectivity index (χ1) is 14.7. The van der Waals surface area contributed by atoms with Crippen LogP contribution in [0.5, 0.6) is 0 Å². The number of nitrogens with zero attached hydrogens (tertiary/aromatic N) is 2. The Hall–Kier alpha value is -2.35. The summed E-state index contributed by atoms with van der Waals surface area (Å²) in [5.41, 5.74) is -0.0825. The number of hydrogen-bond acceptors (Lipinski definition) is 3. The molecule has 3 rings (SSSR count). The molecular formula is C23H25ClF3N3O. The van der Waals surface area contributed by atoms with Gasteiger partial charge >= 0.3 is 6.18 Å². The van der Waals surface area contributed by atoms with Gasteiger partial charge in [-0.15, -0.1) is 0 Å². The van der Waals surface area contributed by atoms with Gasteiger partial charge in [-0.1, -0.05) is 54.1 Å². The number of nitrogens with one attached hydrogen (secondary N) is 1. The minimum Gasteiger partial charge on any atom is -0.324 e. The highest BCUT2D eigenvalue weighted by Crippen LogP contribution is 2.36. The topological polar surface area (TPSA) is 35.6 Å². The second-order valence-electron chi connectivity index (χ2n) is 7.50. The SMILES string of the molecule is C[C@@H](C(=O)Nc1ccc(Cl)cc1C(F)(F)F)N1CCN(C/C=C/c2ccccc2)CC1. The smallest absolute Gasteiger partial charge is 0.324 e. The molecule has 31 heavy (non-hydrogen) atoms. The maximum Gasteiger partial charge on any atom is 0.418 e. The van der Waals surface area contributed by atoms with Crippen molar-refractivity contribution >= 4 is 29.3 Å². The fourth-order valence-corrected chi connectivity index (χ4v) is 3.67. The van der Waals surface area contributed by atoms with Crippen LogP contribution in [0.4, 0.5) is 18.9 Å². The summed E-state index contributed by atoms with van der Waals surface area (Å²) >= 11 is 5.70. The standard InChI is InChI=1S/C23H25ClF3N3O/c1-17(22(31)28-21-10-9-19(24)16-20(21)23(25,26)27)30-14-12-29(13-15-30)11-5-8-18-6-3-2-4-7-18/h2-10,16-17H,11-15H2,1H3,(H,28,31)/b8-5+/t17-/m0/s1. The lowest BCUT2D eigenvalue weighted by Crippen LogP contribution is -2.52. The van der Waals surface area contributed by atoms with E-state index in [1.54, 1.807) is 6.92 Å². The summed E-state index contributed by atoms with van der Waals surface area (Å²) in [5.74, 6) is -0.467. The molecule has 8 heteroatoms. The van der Waals surface area contributed by atoms with Gasteiger partial charge in [-0.3, -0.25) is 14.6 Å². The van der Waals surface area contributed by atoms with Crippen LogP contribution in [-0.2, 0) is 11.0 Å². The Morgan fingerprint density at radius 1 is 1.13 bits per heavy atom. The van der Waals surface area contributed by atoms with Crippen molar-refractivity contribution in [2.45, 2.75) is 19.1 Å². The summed E-state index contributed by atoms with van der Waals surface area (Å²) in [6.45, 7) is 5.42. The van der Waals surface area contributed by atoms with E-state index < -0.39 is 23.7 Å². The van der Waals surface area contributed by atoms with Crippen LogP contribution in [-0.4, -0.2) is 54.5 Å². The summed E-state index contributed by atoms with van der Waals surface area (Å²) in [7, 11) is 0. The Balaban J connectivity index is 1.52. The highest BCUT2D eigenvalue weighted by Gasteiger charge is 2.35. The first-order valence-electron chi connectivity index (χ1n) is 10.1. The number of amides is 1. The summed E-state index contributed by atoms with van der Waals surface area (Å²) in [6.07, 6.45) is -0.414. The van der Waals surface area contributed by atoms with E-state index in [1.165, 1.54) is 12.1 Å². The lowest BCUT2D eigenvalue weighted by molar-refractivity contribution is -0.137. The maximum atomic E-state index is 13.3. The van der Waals surface area contributed by atoms with E-state index in [2.05, 4.69) is 22.4 Å². The Labute approximate surface area is 185 Å². The number of rotatable bonds is 6. The fourth-order valence-electron chi connectivity index (χ4n) is 3.50. The molecule has 2 aromatic rings. The van der Waals surface area contributed by atoms with Crippen LogP contribution in [0.3, 0.4) is 0 Å². The molecule has 0 bridgehead atoms. The number of carbonyl (C=O) groups excluding carboxylic acids is 1. The predicted octanol–water partition coefficient (Wildman–Crippen LogP) is 5.02. The monoisotopic (exact) mass is 451 g/mol. The third-order valence-electron chi connectivity index (χ3n) is 5.35. The number of piperazine rings is 1. The maximum absolute atomic E-state index is 13.3. The summed E-state index contributed by atoms with van der Waals surface area (Å²) in [6, 6.07) is 12.8. The number of hydrogen-bond donors (Lipinski definition) is 1. The zero-order chi connectivity index (χ0) is 22.4. The second kappa shape index (κ2) is 10.3. The molecule has 0 aromatic heterocycles. The van der Waals surface area contributed by atoms with Crippen molar-refractivity contribution in [2.24, 2.45) is 0 Å². The molecule has 1 aliphatic heterocycles. The Bertz CT molecular complexity index is 910. The molecule has 1 atom stereocenters. The Morgan fingerprint density at radius 2 is 1.81 bits per heavy atom. The van der Waals surface area contributed by atoms with E-state index in [0.717, 1.165) is 31.3 Å². The van der Waals surface area contributed by atoms with E-state index in [1.807, 2.05) is 35.2 Å². The van der Waals surface area contributed by atoms with E-state index in [-0.39, 0.29) is 10.7 Å². The van der Waals surface area contributed by atoms with Gasteiger partial charge in [0.05, 0.1) is 17.3 Å². The summed E-state index contributed by atoms with van der Waals surface area (Å²) in [4.78, 5) is 16.9. The molecule has 1 aliphatic rings. The minimum absolute atomic E-state index is 0.0317. The van der Waals surface area contributed by atoms with Gasteiger partial charge in [0.15, 0.2) is 0 Å². The lowest BCUT2D eigenvalue weighted by Gasteiger charge is -2.37. The zero-order valence-corrected chi connectivity index (χ0v) is 18.0. The molecular weight excluding hydrogens is 427 g/mol. The Morgan fingerprint density at radius 3 is 2.45 bits per heavy atom. The molecule has 1 heterocycles. The van der Waals surface area contributed by atoms with Crippen LogP contribution in [0, 0.1) is 0 Å². The van der Waals surface area contributed by atoms with Gasteiger partial charge in [-0.2, -0.15) is 13.2 Å². The van der Waals surface area contributed by atoms with Crippen molar-refractivity contribution in [2.75, 3.05) is 38.0 Å². The largest absolute Gasteiger partial charge is 0.418 e. The Kier molecular flexibility index (Phi) is 7.75. The molecule has 0 radical (unpaired) electrons. The van der Waals surface area contributed by atoms with Crippen molar-refractivity contribution in [3.05, 3.63) is 70.8 Å². The van der Waals surface area contributed by atoms with E-state index in [9.17, 15) is 18.0 Å². The number of anilines is 1. The zero-order valence-electron chi connectivity index (χ0n) is 17.2. The molecule has 0 spiro atoms. The predicted molar refractivity (Wildman–Crippen MR) is 118 cm³/mol. The van der Waals surface area contributed by atoms with Crippen molar-refractivity contribution in [1.82, 2.24) is 9.80 Å².